The van der Waals surface area contributed by atoms with E-state index in [0.29, 0.717) is 18.5 Å². The molecule has 2 aromatic rings. The molecule has 40 heavy (non-hydrogen) atoms. The van der Waals surface area contributed by atoms with Crippen molar-refractivity contribution < 1.29 is 9.53 Å². The number of hydrogen-bond acceptors (Lipinski definition) is 6. The Bertz CT molecular complexity index is 1300. The molecule has 1 aromatic heterocycles. The average molecular weight is 544 g/mol. The van der Waals surface area contributed by atoms with Gasteiger partial charge in [-0.1, -0.05) is 18.6 Å². The summed E-state index contributed by atoms with van der Waals surface area (Å²) in [6.07, 6.45) is 12.5. The van der Waals surface area contributed by atoms with Crippen LogP contribution >= 0.6 is 0 Å². The number of anilines is 1. The third-order valence-electron chi connectivity index (χ3n) is 9.19. The fraction of sp³-hybridized carbons (Fsp3) is 0.545. The first-order valence-electron chi connectivity index (χ1n) is 15.0. The summed E-state index contributed by atoms with van der Waals surface area (Å²) >= 11 is 0. The second-order valence-corrected chi connectivity index (χ2v) is 11.9. The summed E-state index contributed by atoms with van der Waals surface area (Å²) in [4.78, 5) is 29.4. The molecule has 1 spiro atoms. The zero-order valence-corrected chi connectivity index (χ0v) is 24.8. The lowest BCUT2D eigenvalue weighted by Crippen LogP contribution is -2.49. The number of fused-ring (bicyclic) bond motifs is 4. The zero-order valence-electron chi connectivity index (χ0n) is 24.8. The maximum atomic E-state index is 13.7. The highest BCUT2D eigenvalue weighted by atomic mass is 16.5. The monoisotopic (exact) mass is 543 g/mol. The number of hydrogen-bond donors (Lipinski definition) is 0. The molecule has 3 aliphatic rings. The lowest BCUT2D eigenvalue weighted by atomic mass is 9.72. The number of pyridine rings is 1. The Hall–Kier alpha value is -3.03. The Balaban J connectivity index is 1.36. The van der Waals surface area contributed by atoms with Crippen LogP contribution < -0.4 is 4.90 Å². The van der Waals surface area contributed by atoms with Crippen LogP contribution in [0, 0.1) is 0 Å². The van der Waals surface area contributed by atoms with Crippen molar-refractivity contribution in [1.82, 2.24) is 14.8 Å². The van der Waals surface area contributed by atoms with Crippen molar-refractivity contribution in [2.24, 2.45) is 4.99 Å². The number of piperidine rings is 2. The van der Waals surface area contributed by atoms with Gasteiger partial charge in [0.1, 0.15) is 0 Å². The third-order valence-corrected chi connectivity index (χ3v) is 9.19. The van der Waals surface area contributed by atoms with Crippen LogP contribution in [-0.2, 0) is 14.9 Å². The first kappa shape index (κ1) is 28.5. The molecule has 3 aliphatic heterocycles. The van der Waals surface area contributed by atoms with Crippen molar-refractivity contribution in [2.45, 2.75) is 70.8 Å². The first-order chi connectivity index (χ1) is 19.3. The predicted octanol–water partition coefficient (Wildman–Crippen LogP) is 5.79. The number of ether oxygens (including phenoxy) is 1. The van der Waals surface area contributed by atoms with Gasteiger partial charge in [0.2, 0.25) is 11.8 Å². The lowest BCUT2D eigenvalue weighted by Gasteiger charge is -2.40. The van der Waals surface area contributed by atoms with Gasteiger partial charge in [0, 0.05) is 36.7 Å². The SMILES string of the molecule is C=N/C(=C\C=C(/C)c1ccc2ncc3c(c2c1)C1(CCN(C(C)C)CC1)C(=O)N3C)OCCCN1CCCCC1. The number of likely N-dealkylation sites (tertiary alicyclic amines) is 2. The van der Waals surface area contributed by atoms with Gasteiger partial charge in [-0.25, -0.2) is 4.99 Å². The van der Waals surface area contributed by atoms with Crippen molar-refractivity contribution in [3.05, 3.63) is 53.6 Å². The highest BCUT2D eigenvalue weighted by Gasteiger charge is 2.52. The molecular formula is C33H45N5O2. The van der Waals surface area contributed by atoms with Gasteiger partial charge in [0.05, 0.1) is 29.4 Å². The van der Waals surface area contributed by atoms with Gasteiger partial charge < -0.3 is 19.4 Å². The van der Waals surface area contributed by atoms with Gasteiger partial charge in [0.15, 0.2) is 0 Å². The van der Waals surface area contributed by atoms with Gasteiger partial charge in [-0.05, 0) is 109 Å². The third kappa shape index (κ3) is 5.59. The maximum Gasteiger partial charge on any atom is 0.237 e. The summed E-state index contributed by atoms with van der Waals surface area (Å²) < 4.78 is 5.93. The minimum atomic E-state index is -0.477. The van der Waals surface area contributed by atoms with Crippen LogP contribution in [0.5, 0.6) is 0 Å². The molecule has 0 aliphatic carbocycles. The first-order valence-corrected chi connectivity index (χ1v) is 15.0. The minimum absolute atomic E-state index is 0.208. The van der Waals surface area contributed by atoms with Crippen molar-refractivity contribution >= 4 is 34.8 Å². The van der Waals surface area contributed by atoms with Crippen molar-refractivity contribution in [1.29, 1.82) is 0 Å². The molecule has 1 amide bonds. The number of rotatable bonds is 9. The fourth-order valence-corrected chi connectivity index (χ4v) is 6.69. The molecule has 0 saturated carbocycles. The van der Waals surface area contributed by atoms with Crippen LogP contribution in [0.3, 0.4) is 0 Å². The highest BCUT2D eigenvalue weighted by Crippen LogP contribution is 2.50. The minimum Gasteiger partial charge on any atom is -0.478 e. The molecule has 0 bridgehead atoms. The second-order valence-electron chi connectivity index (χ2n) is 11.9. The summed E-state index contributed by atoms with van der Waals surface area (Å²) in [6, 6.07) is 6.89. The Morgan fingerprint density at radius 2 is 1.90 bits per heavy atom. The number of aromatic nitrogens is 1. The molecule has 2 saturated heterocycles. The van der Waals surface area contributed by atoms with Gasteiger partial charge in [-0.15, -0.1) is 0 Å². The predicted molar refractivity (Wildman–Crippen MR) is 165 cm³/mol. The molecule has 0 radical (unpaired) electrons. The normalized spacial score (nSPS) is 20.5. The van der Waals surface area contributed by atoms with E-state index in [1.807, 2.05) is 30.3 Å². The van der Waals surface area contributed by atoms with Crippen LogP contribution in [0.1, 0.15) is 70.4 Å². The Kier molecular flexibility index (Phi) is 8.71. The molecule has 0 N–H and O–H groups in total. The van der Waals surface area contributed by atoms with Crippen LogP contribution in [0.25, 0.3) is 16.5 Å². The van der Waals surface area contributed by atoms with Gasteiger partial charge in [-0.2, -0.15) is 0 Å². The quantitative estimate of drug-likeness (QED) is 0.173. The van der Waals surface area contributed by atoms with Crippen molar-refractivity contribution in [3.8, 4) is 0 Å². The van der Waals surface area contributed by atoms with Crippen LogP contribution in [-0.4, -0.2) is 79.8 Å². The van der Waals surface area contributed by atoms with E-state index in [2.05, 4.69) is 60.5 Å². The van der Waals surface area contributed by atoms with Crippen molar-refractivity contribution in [3.63, 3.8) is 0 Å². The Morgan fingerprint density at radius 1 is 1.15 bits per heavy atom. The van der Waals surface area contributed by atoms with E-state index in [-0.39, 0.29) is 5.91 Å². The topological polar surface area (TPSA) is 61.3 Å². The number of amides is 1. The standard InChI is InChI=1S/C33H45N5O2/c1-24(2)38-19-14-33(15-20-38)31-27-22-26(11-12-28(27)35-23-29(31)36(5)32(33)39)25(3)10-13-30(34-4)40-21-9-18-37-16-7-6-8-17-37/h10-13,22-24H,4,6-9,14-21H2,1-3,5H3/b25-10+,30-13+. The van der Waals surface area contributed by atoms with Crippen LogP contribution in [0.2, 0.25) is 0 Å². The number of carbonyl (C=O) groups excluding carboxylic acids is 1. The number of carbonyl (C=O) groups is 1. The van der Waals surface area contributed by atoms with Gasteiger partial charge in [0.25, 0.3) is 0 Å². The lowest BCUT2D eigenvalue weighted by molar-refractivity contribution is -0.124. The number of allylic oxidation sites excluding steroid dienone is 3. The Morgan fingerprint density at radius 3 is 2.60 bits per heavy atom. The molecule has 7 heteroatoms. The number of benzene rings is 1. The second kappa shape index (κ2) is 12.2. The molecule has 0 unspecified atom stereocenters. The van der Waals surface area contributed by atoms with E-state index in [1.165, 1.54) is 32.4 Å². The summed E-state index contributed by atoms with van der Waals surface area (Å²) in [6.45, 7) is 16.3. The molecule has 5 rings (SSSR count). The molecule has 2 fully saturated rings. The van der Waals surface area contributed by atoms with Gasteiger partial charge in [-0.3, -0.25) is 9.78 Å². The molecule has 0 atom stereocenters. The summed E-state index contributed by atoms with van der Waals surface area (Å²) in [5.74, 6) is 0.754. The summed E-state index contributed by atoms with van der Waals surface area (Å²) in [5.41, 5.74) is 4.76. The highest BCUT2D eigenvalue weighted by molar-refractivity contribution is 6.12. The fourth-order valence-electron chi connectivity index (χ4n) is 6.69. The molecule has 214 valence electrons. The van der Waals surface area contributed by atoms with E-state index in [0.717, 1.165) is 72.2 Å². The van der Waals surface area contributed by atoms with E-state index in [4.69, 9.17) is 9.72 Å². The summed E-state index contributed by atoms with van der Waals surface area (Å²) in [5, 5.41) is 1.08. The number of likely N-dealkylation sites (N-methyl/N-ethyl adjacent to an activating group) is 1. The van der Waals surface area contributed by atoms with E-state index >= 15 is 0 Å². The maximum absolute atomic E-state index is 13.7. The molecule has 4 heterocycles. The summed E-state index contributed by atoms with van der Waals surface area (Å²) in [7, 11) is 1.90. The number of nitrogens with zero attached hydrogens (tertiary/aromatic N) is 5. The van der Waals surface area contributed by atoms with Crippen molar-refractivity contribution in [2.75, 3.05) is 51.3 Å². The molecular weight excluding hydrogens is 498 g/mol. The van der Waals surface area contributed by atoms with Gasteiger partial charge >= 0.3 is 0 Å². The van der Waals surface area contributed by atoms with Crippen LogP contribution in [0.4, 0.5) is 5.69 Å². The van der Waals surface area contributed by atoms with E-state index in [1.54, 1.807) is 0 Å². The number of aliphatic imine (C=N–C) groups is 1. The molecule has 1 aromatic carbocycles. The molecule has 7 nitrogen and oxygen atoms in total. The zero-order chi connectivity index (χ0) is 28.3. The van der Waals surface area contributed by atoms with E-state index in [9.17, 15) is 4.79 Å². The largest absolute Gasteiger partial charge is 0.478 e. The smallest absolute Gasteiger partial charge is 0.237 e. The van der Waals surface area contributed by atoms with E-state index < -0.39 is 5.41 Å². The average Bonchev–Trinajstić information content (AvgIpc) is 3.19. The van der Waals surface area contributed by atoms with Crippen LogP contribution in [0.15, 0.2) is 47.4 Å². The Labute approximate surface area is 239 Å².